The molecule has 1 aromatic rings. The molecular formula is C13H15NO. The molecule has 1 aliphatic rings. The van der Waals surface area contributed by atoms with E-state index in [4.69, 9.17) is 0 Å². The highest BCUT2D eigenvalue weighted by atomic mass is 16.2. The molecule has 0 spiro atoms. The van der Waals surface area contributed by atoms with Crippen LogP contribution < -0.4 is 0 Å². The Bertz CT molecular complexity index is 409. The highest BCUT2D eigenvalue weighted by molar-refractivity contribution is 5.96. The van der Waals surface area contributed by atoms with E-state index in [1.165, 1.54) is 5.56 Å². The SMILES string of the molecule is C=C(C)CN1CCc2ccccc2C1=O. The molecule has 0 unspecified atom stereocenters. The van der Waals surface area contributed by atoms with Gasteiger partial charge in [-0.3, -0.25) is 4.79 Å². The number of nitrogens with zero attached hydrogens (tertiary/aromatic N) is 1. The Morgan fingerprint density at radius 3 is 2.93 bits per heavy atom. The van der Waals surface area contributed by atoms with Crippen LogP contribution in [0.1, 0.15) is 22.8 Å². The number of fused-ring (bicyclic) bond motifs is 1. The van der Waals surface area contributed by atoms with Crippen LogP contribution in [0.3, 0.4) is 0 Å². The molecule has 1 amide bonds. The average Bonchev–Trinajstić information content (AvgIpc) is 2.22. The molecular weight excluding hydrogens is 186 g/mol. The predicted octanol–water partition coefficient (Wildman–Crippen LogP) is 2.26. The molecule has 0 atom stereocenters. The molecule has 2 heteroatoms. The van der Waals surface area contributed by atoms with E-state index in [9.17, 15) is 4.79 Å². The minimum Gasteiger partial charge on any atom is -0.334 e. The van der Waals surface area contributed by atoms with Crippen molar-refractivity contribution in [1.29, 1.82) is 0 Å². The molecule has 2 nitrogen and oxygen atoms in total. The lowest BCUT2D eigenvalue weighted by Crippen LogP contribution is -2.38. The van der Waals surface area contributed by atoms with Gasteiger partial charge in [-0.25, -0.2) is 0 Å². The fourth-order valence-electron chi connectivity index (χ4n) is 1.95. The quantitative estimate of drug-likeness (QED) is 0.672. The third-order valence-electron chi connectivity index (χ3n) is 2.65. The Morgan fingerprint density at radius 1 is 1.47 bits per heavy atom. The van der Waals surface area contributed by atoms with Crippen LogP contribution in [0.4, 0.5) is 0 Å². The average molecular weight is 201 g/mol. The van der Waals surface area contributed by atoms with Crippen molar-refractivity contribution >= 4 is 5.91 Å². The molecule has 0 N–H and O–H groups in total. The molecule has 1 aromatic carbocycles. The van der Waals surface area contributed by atoms with E-state index in [0.29, 0.717) is 6.54 Å². The Labute approximate surface area is 90.2 Å². The number of amides is 1. The van der Waals surface area contributed by atoms with Crippen LogP contribution in [-0.4, -0.2) is 23.9 Å². The summed E-state index contributed by atoms with van der Waals surface area (Å²) in [5, 5.41) is 0. The van der Waals surface area contributed by atoms with Crippen LogP contribution in [0.2, 0.25) is 0 Å². The molecule has 78 valence electrons. The molecule has 0 aliphatic carbocycles. The molecule has 0 radical (unpaired) electrons. The number of rotatable bonds is 2. The molecule has 0 bridgehead atoms. The molecule has 1 aliphatic heterocycles. The highest BCUT2D eigenvalue weighted by Gasteiger charge is 2.23. The topological polar surface area (TPSA) is 20.3 Å². The Hall–Kier alpha value is -1.57. The number of hydrogen-bond donors (Lipinski definition) is 0. The molecule has 2 rings (SSSR count). The van der Waals surface area contributed by atoms with Crippen LogP contribution >= 0.6 is 0 Å². The van der Waals surface area contributed by atoms with E-state index in [2.05, 4.69) is 6.58 Å². The van der Waals surface area contributed by atoms with Gasteiger partial charge in [0, 0.05) is 18.7 Å². The molecule has 1 heterocycles. The van der Waals surface area contributed by atoms with Crippen LogP contribution in [0.5, 0.6) is 0 Å². The second kappa shape index (κ2) is 3.89. The summed E-state index contributed by atoms with van der Waals surface area (Å²) in [6, 6.07) is 7.84. The van der Waals surface area contributed by atoms with Gasteiger partial charge in [-0.1, -0.05) is 30.4 Å². The van der Waals surface area contributed by atoms with E-state index in [1.807, 2.05) is 36.1 Å². The fourth-order valence-corrected chi connectivity index (χ4v) is 1.95. The maximum absolute atomic E-state index is 12.0. The van der Waals surface area contributed by atoms with Gasteiger partial charge in [0.2, 0.25) is 0 Å². The van der Waals surface area contributed by atoms with E-state index in [-0.39, 0.29) is 5.91 Å². The number of hydrogen-bond acceptors (Lipinski definition) is 1. The molecule has 0 fully saturated rings. The Balaban J connectivity index is 2.26. The first-order valence-electron chi connectivity index (χ1n) is 5.20. The van der Waals surface area contributed by atoms with Crippen LogP contribution in [0.25, 0.3) is 0 Å². The van der Waals surface area contributed by atoms with Gasteiger partial charge in [-0.2, -0.15) is 0 Å². The van der Waals surface area contributed by atoms with E-state index < -0.39 is 0 Å². The van der Waals surface area contributed by atoms with Gasteiger partial charge in [-0.05, 0) is 25.0 Å². The van der Waals surface area contributed by atoms with Gasteiger partial charge < -0.3 is 4.90 Å². The van der Waals surface area contributed by atoms with Crippen molar-refractivity contribution in [2.45, 2.75) is 13.3 Å². The maximum atomic E-state index is 12.0. The van der Waals surface area contributed by atoms with Gasteiger partial charge in [0.05, 0.1) is 0 Å². The Kier molecular flexibility index (Phi) is 2.58. The first-order chi connectivity index (χ1) is 7.18. The van der Waals surface area contributed by atoms with Gasteiger partial charge in [0.15, 0.2) is 0 Å². The normalized spacial score (nSPS) is 15.0. The summed E-state index contributed by atoms with van der Waals surface area (Å²) >= 11 is 0. The lowest BCUT2D eigenvalue weighted by atomic mass is 9.99. The molecule has 0 aromatic heterocycles. The van der Waals surface area contributed by atoms with Crippen molar-refractivity contribution in [1.82, 2.24) is 4.90 Å². The summed E-state index contributed by atoms with van der Waals surface area (Å²) in [5.74, 6) is 0.139. The van der Waals surface area contributed by atoms with Crippen molar-refractivity contribution < 1.29 is 4.79 Å². The van der Waals surface area contributed by atoms with Crippen molar-refractivity contribution in [2.75, 3.05) is 13.1 Å². The van der Waals surface area contributed by atoms with Crippen molar-refractivity contribution in [3.05, 3.63) is 47.5 Å². The van der Waals surface area contributed by atoms with Gasteiger partial charge in [-0.15, -0.1) is 0 Å². The summed E-state index contributed by atoms with van der Waals surface area (Å²) in [6.45, 7) is 7.28. The zero-order chi connectivity index (χ0) is 10.8. The summed E-state index contributed by atoms with van der Waals surface area (Å²) in [7, 11) is 0. The van der Waals surface area contributed by atoms with Crippen LogP contribution in [-0.2, 0) is 6.42 Å². The monoisotopic (exact) mass is 201 g/mol. The summed E-state index contributed by atoms with van der Waals surface area (Å²) < 4.78 is 0. The largest absolute Gasteiger partial charge is 0.334 e. The zero-order valence-electron chi connectivity index (χ0n) is 8.99. The number of benzene rings is 1. The van der Waals surface area contributed by atoms with E-state index in [0.717, 1.165) is 24.1 Å². The minimum absolute atomic E-state index is 0.139. The molecule has 0 saturated heterocycles. The van der Waals surface area contributed by atoms with Crippen molar-refractivity contribution in [2.24, 2.45) is 0 Å². The van der Waals surface area contributed by atoms with Gasteiger partial charge in [0.1, 0.15) is 0 Å². The second-order valence-electron chi connectivity index (χ2n) is 4.09. The first-order valence-corrected chi connectivity index (χ1v) is 5.20. The van der Waals surface area contributed by atoms with Crippen molar-refractivity contribution in [3.63, 3.8) is 0 Å². The lowest BCUT2D eigenvalue weighted by Gasteiger charge is -2.28. The van der Waals surface area contributed by atoms with E-state index in [1.54, 1.807) is 0 Å². The first kappa shape index (κ1) is 9.97. The minimum atomic E-state index is 0.139. The third kappa shape index (κ3) is 1.94. The van der Waals surface area contributed by atoms with Crippen LogP contribution in [0.15, 0.2) is 36.4 Å². The smallest absolute Gasteiger partial charge is 0.254 e. The molecule has 0 saturated carbocycles. The fraction of sp³-hybridized carbons (Fsp3) is 0.308. The second-order valence-corrected chi connectivity index (χ2v) is 4.09. The van der Waals surface area contributed by atoms with E-state index >= 15 is 0 Å². The standard InChI is InChI=1S/C13H15NO/c1-10(2)9-14-8-7-11-5-3-4-6-12(11)13(14)15/h3-6H,1,7-9H2,2H3. The van der Waals surface area contributed by atoms with Gasteiger partial charge in [0.25, 0.3) is 5.91 Å². The van der Waals surface area contributed by atoms with Crippen molar-refractivity contribution in [3.8, 4) is 0 Å². The zero-order valence-corrected chi connectivity index (χ0v) is 8.99. The predicted molar refractivity (Wildman–Crippen MR) is 60.9 cm³/mol. The Morgan fingerprint density at radius 2 is 2.20 bits per heavy atom. The van der Waals surface area contributed by atoms with Gasteiger partial charge >= 0.3 is 0 Å². The highest BCUT2D eigenvalue weighted by Crippen LogP contribution is 2.18. The number of carbonyl (C=O) groups excluding carboxylic acids is 1. The summed E-state index contributed by atoms with van der Waals surface area (Å²) in [4.78, 5) is 13.9. The maximum Gasteiger partial charge on any atom is 0.254 e. The number of carbonyl (C=O) groups is 1. The third-order valence-corrected chi connectivity index (χ3v) is 2.65. The molecule has 15 heavy (non-hydrogen) atoms. The van der Waals surface area contributed by atoms with Crippen LogP contribution in [0, 0.1) is 0 Å². The lowest BCUT2D eigenvalue weighted by molar-refractivity contribution is 0.0755. The summed E-state index contributed by atoms with van der Waals surface area (Å²) in [6.07, 6.45) is 0.954. The summed E-state index contributed by atoms with van der Waals surface area (Å²) in [5.41, 5.74) is 3.05.